The van der Waals surface area contributed by atoms with Crippen LogP contribution in [0.4, 0.5) is 5.13 Å². The van der Waals surface area contributed by atoms with Crippen LogP contribution < -0.4 is 10.1 Å². The summed E-state index contributed by atoms with van der Waals surface area (Å²) in [6.07, 6.45) is 0.810. The lowest BCUT2D eigenvalue weighted by Crippen LogP contribution is -2.12. The third kappa shape index (κ3) is 3.22. The lowest BCUT2D eigenvalue weighted by molar-refractivity contribution is 0.102. The Morgan fingerprint density at radius 3 is 2.95 bits per heavy atom. The van der Waals surface area contributed by atoms with Crippen LogP contribution in [0.15, 0.2) is 24.3 Å². The number of thiazole rings is 1. The Labute approximate surface area is 126 Å². The summed E-state index contributed by atoms with van der Waals surface area (Å²) in [5.41, 5.74) is 1.62. The quantitative estimate of drug-likeness (QED) is 0.943. The molecule has 21 heavy (non-hydrogen) atoms. The summed E-state index contributed by atoms with van der Waals surface area (Å²) in [5, 5.41) is 3.47. The zero-order valence-electron chi connectivity index (χ0n) is 11.7. The Balaban J connectivity index is 1.69. The molecule has 0 saturated heterocycles. The second kappa shape index (κ2) is 6.24. The van der Waals surface area contributed by atoms with Gasteiger partial charge in [0.15, 0.2) is 5.13 Å². The van der Waals surface area contributed by atoms with Gasteiger partial charge in [-0.15, -0.1) is 0 Å². The molecule has 0 unspecified atom stereocenters. The van der Waals surface area contributed by atoms with Crippen molar-refractivity contribution >= 4 is 22.4 Å². The van der Waals surface area contributed by atoms with Gasteiger partial charge >= 0.3 is 0 Å². The van der Waals surface area contributed by atoms with Gasteiger partial charge in [0.25, 0.3) is 5.91 Å². The summed E-state index contributed by atoms with van der Waals surface area (Å²) in [4.78, 5) is 17.7. The highest BCUT2D eigenvalue weighted by atomic mass is 32.1. The molecule has 0 bridgehead atoms. The van der Waals surface area contributed by atoms with Crippen LogP contribution in [0.3, 0.4) is 0 Å². The molecule has 5 nitrogen and oxygen atoms in total. The fraction of sp³-hybridized carbons (Fsp3) is 0.333. The number of fused-ring (bicyclic) bond motifs is 1. The minimum absolute atomic E-state index is 0.162. The van der Waals surface area contributed by atoms with Crippen LogP contribution in [0.2, 0.25) is 0 Å². The van der Waals surface area contributed by atoms with Crippen molar-refractivity contribution in [3.8, 4) is 5.75 Å². The number of carbonyl (C=O) groups excluding carboxylic acids is 1. The number of anilines is 1. The Morgan fingerprint density at radius 1 is 1.43 bits per heavy atom. The Hall–Kier alpha value is -1.92. The number of ether oxygens (including phenoxy) is 2. The molecular formula is C15H16N2O3S. The number of rotatable bonds is 4. The van der Waals surface area contributed by atoms with E-state index in [9.17, 15) is 4.79 Å². The first kappa shape index (κ1) is 14.0. The second-order valence-corrected chi connectivity index (χ2v) is 5.69. The molecule has 1 aliphatic heterocycles. The standard InChI is InChI=1S/C15H16N2O3S/c1-2-20-11-5-3-10(4-6-11)14(18)17-15-16-12-7-8-19-9-13(12)21-15/h3-6H,2,7-9H2,1H3,(H,16,17,18). The molecule has 1 aliphatic rings. The minimum Gasteiger partial charge on any atom is -0.494 e. The first-order valence-electron chi connectivity index (χ1n) is 6.87. The minimum atomic E-state index is -0.162. The molecular weight excluding hydrogens is 288 g/mol. The van der Waals surface area contributed by atoms with E-state index in [0.29, 0.717) is 30.5 Å². The molecule has 2 aromatic rings. The van der Waals surface area contributed by atoms with Crippen LogP contribution in [0.25, 0.3) is 0 Å². The third-order valence-corrected chi connectivity index (χ3v) is 4.13. The number of amides is 1. The average molecular weight is 304 g/mol. The van der Waals surface area contributed by atoms with Crippen molar-refractivity contribution in [2.24, 2.45) is 0 Å². The second-order valence-electron chi connectivity index (χ2n) is 4.60. The molecule has 1 aromatic heterocycles. The number of hydrogen-bond donors (Lipinski definition) is 1. The highest BCUT2D eigenvalue weighted by molar-refractivity contribution is 7.15. The van der Waals surface area contributed by atoms with Gasteiger partial charge in [-0.25, -0.2) is 4.98 Å². The fourth-order valence-electron chi connectivity index (χ4n) is 2.12. The molecule has 3 rings (SSSR count). The van der Waals surface area contributed by atoms with Crippen molar-refractivity contribution < 1.29 is 14.3 Å². The summed E-state index contributed by atoms with van der Waals surface area (Å²) in [6, 6.07) is 7.08. The highest BCUT2D eigenvalue weighted by Crippen LogP contribution is 2.27. The largest absolute Gasteiger partial charge is 0.494 e. The van der Waals surface area contributed by atoms with Crippen molar-refractivity contribution in [2.75, 3.05) is 18.5 Å². The van der Waals surface area contributed by atoms with E-state index in [4.69, 9.17) is 9.47 Å². The SMILES string of the molecule is CCOc1ccc(C(=O)Nc2nc3c(s2)COCC3)cc1. The smallest absolute Gasteiger partial charge is 0.257 e. The molecule has 6 heteroatoms. The van der Waals surface area contributed by atoms with Gasteiger partial charge in [-0.05, 0) is 31.2 Å². The predicted molar refractivity (Wildman–Crippen MR) is 81.0 cm³/mol. The van der Waals surface area contributed by atoms with Crippen molar-refractivity contribution in [3.05, 3.63) is 40.4 Å². The number of nitrogens with one attached hydrogen (secondary N) is 1. The lowest BCUT2D eigenvalue weighted by Gasteiger charge is -2.08. The van der Waals surface area contributed by atoms with Gasteiger partial charge in [-0.2, -0.15) is 0 Å². The van der Waals surface area contributed by atoms with Gasteiger partial charge < -0.3 is 9.47 Å². The van der Waals surface area contributed by atoms with Crippen molar-refractivity contribution in [3.63, 3.8) is 0 Å². The Bertz CT molecular complexity index is 613. The van der Waals surface area contributed by atoms with E-state index in [-0.39, 0.29) is 5.91 Å². The van der Waals surface area contributed by atoms with E-state index in [0.717, 1.165) is 22.7 Å². The van der Waals surface area contributed by atoms with Gasteiger partial charge in [0.05, 0.1) is 30.4 Å². The number of aromatic nitrogens is 1. The Kier molecular flexibility index (Phi) is 4.17. The zero-order valence-corrected chi connectivity index (χ0v) is 12.5. The van der Waals surface area contributed by atoms with Crippen LogP contribution in [-0.2, 0) is 17.8 Å². The molecule has 0 saturated carbocycles. The van der Waals surface area contributed by atoms with Gasteiger partial charge in [-0.1, -0.05) is 11.3 Å². The van der Waals surface area contributed by atoms with Crippen molar-refractivity contribution in [1.82, 2.24) is 4.98 Å². The van der Waals surface area contributed by atoms with E-state index in [2.05, 4.69) is 10.3 Å². The first-order valence-corrected chi connectivity index (χ1v) is 7.68. The maximum Gasteiger partial charge on any atom is 0.257 e. The molecule has 0 spiro atoms. The van der Waals surface area contributed by atoms with E-state index in [1.807, 2.05) is 6.92 Å². The number of benzene rings is 1. The first-order chi connectivity index (χ1) is 10.3. The van der Waals surface area contributed by atoms with Crippen LogP contribution in [0.1, 0.15) is 27.9 Å². The molecule has 2 heterocycles. The van der Waals surface area contributed by atoms with Crippen LogP contribution in [0.5, 0.6) is 5.75 Å². The summed E-state index contributed by atoms with van der Waals surface area (Å²) >= 11 is 1.48. The van der Waals surface area contributed by atoms with E-state index < -0.39 is 0 Å². The van der Waals surface area contributed by atoms with Gasteiger partial charge in [-0.3, -0.25) is 10.1 Å². The summed E-state index contributed by atoms with van der Waals surface area (Å²) in [6.45, 7) is 3.82. The normalized spacial score (nSPS) is 13.6. The lowest BCUT2D eigenvalue weighted by atomic mass is 10.2. The third-order valence-electron chi connectivity index (χ3n) is 3.14. The molecule has 1 N–H and O–H groups in total. The predicted octanol–water partition coefficient (Wildman–Crippen LogP) is 2.87. The molecule has 1 aromatic carbocycles. The van der Waals surface area contributed by atoms with Gasteiger partial charge in [0.2, 0.25) is 0 Å². The number of hydrogen-bond acceptors (Lipinski definition) is 5. The zero-order chi connectivity index (χ0) is 14.7. The summed E-state index contributed by atoms with van der Waals surface area (Å²) in [5.74, 6) is 0.598. The van der Waals surface area contributed by atoms with Gasteiger partial charge in [0, 0.05) is 12.0 Å². The topological polar surface area (TPSA) is 60.5 Å². The highest BCUT2D eigenvalue weighted by Gasteiger charge is 2.17. The Morgan fingerprint density at radius 2 is 2.24 bits per heavy atom. The van der Waals surface area contributed by atoms with Crippen LogP contribution >= 0.6 is 11.3 Å². The molecule has 110 valence electrons. The molecule has 0 atom stereocenters. The maximum atomic E-state index is 12.2. The van der Waals surface area contributed by atoms with Crippen LogP contribution in [0, 0.1) is 0 Å². The van der Waals surface area contributed by atoms with Crippen LogP contribution in [-0.4, -0.2) is 24.1 Å². The average Bonchev–Trinajstić information content (AvgIpc) is 2.90. The maximum absolute atomic E-state index is 12.2. The van der Waals surface area contributed by atoms with Crippen molar-refractivity contribution in [1.29, 1.82) is 0 Å². The monoisotopic (exact) mass is 304 g/mol. The summed E-state index contributed by atoms with van der Waals surface area (Å²) < 4.78 is 10.7. The molecule has 0 radical (unpaired) electrons. The molecule has 1 amide bonds. The summed E-state index contributed by atoms with van der Waals surface area (Å²) in [7, 11) is 0. The molecule has 0 aliphatic carbocycles. The van der Waals surface area contributed by atoms with E-state index in [1.54, 1.807) is 24.3 Å². The fourth-order valence-corrected chi connectivity index (χ4v) is 3.06. The van der Waals surface area contributed by atoms with Gasteiger partial charge in [0.1, 0.15) is 5.75 Å². The van der Waals surface area contributed by atoms with E-state index >= 15 is 0 Å². The van der Waals surface area contributed by atoms with E-state index in [1.165, 1.54) is 11.3 Å². The van der Waals surface area contributed by atoms with Crippen molar-refractivity contribution in [2.45, 2.75) is 20.0 Å². The molecule has 0 fully saturated rings. The number of nitrogens with zero attached hydrogens (tertiary/aromatic N) is 1. The number of carbonyl (C=O) groups is 1.